The van der Waals surface area contributed by atoms with Crippen LogP contribution < -0.4 is 4.74 Å². The lowest BCUT2D eigenvalue weighted by Crippen LogP contribution is -2.11. The number of imidazole rings is 1. The first-order valence-corrected chi connectivity index (χ1v) is 8.33. The zero-order chi connectivity index (χ0) is 17.3. The van der Waals surface area contributed by atoms with E-state index in [9.17, 15) is 5.11 Å². The summed E-state index contributed by atoms with van der Waals surface area (Å²) < 4.78 is 7.85. The predicted octanol–water partition coefficient (Wildman–Crippen LogP) is 4.19. The van der Waals surface area contributed by atoms with Gasteiger partial charge in [-0.25, -0.2) is 4.98 Å². The van der Waals surface area contributed by atoms with Gasteiger partial charge in [0.15, 0.2) is 0 Å². The van der Waals surface area contributed by atoms with Crippen LogP contribution in [0.4, 0.5) is 0 Å². The lowest BCUT2D eigenvalue weighted by molar-refractivity contribution is 0.255. The van der Waals surface area contributed by atoms with Gasteiger partial charge in [-0.2, -0.15) is 0 Å². The van der Waals surface area contributed by atoms with E-state index in [0.29, 0.717) is 19.0 Å². The molecule has 1 aromatic heterocycles. The number of hydrogen-bond donors (Lipinski definition) is 1. The molecule has 0 unspecified atom stereocenters. The summed E-state index contributed by atoms with van der Waals surface area (Å²) in [6, 6.07) is 9.80. The number of aliphatic hydroxyl groups is 1. The molecule has 0 spiro atoms. The van der Waals surface area contributed by atoms with Gasteiger partial charge in [0, 0.05) is 5.02 Å². The van der Waals surface area contributed by atoms with Crippen LogP contribution in [0.15, 0.2) is 30.3 Å². The number of aliphatic hydroxyl groups excluding tert-OH is 1. The van der Waals surface area contributed by atoms with Crippen LogP contribution in [0.2, 0.25) is 5.02 Å². The molecule has 0 atom stereocenters. The quantitative estimate of drug-likeness (QED) is 0.755. The first-order chi connectivity index (χ1) is 11.5. The molecular formula is C19H21ClN2O2. The second kappa shape index (κ2) is 6.83. The first-order valence-electron chi connectivity index (χ1n) is 7.95. The number of hydrogen-bond acceptors (Lipinski definition) is 3. The molecule has 4 nitrogen and oxygen atoms in total. The number of fused-ring (bicyclic) bond motifs is 1. The molecule has 0 saturated heterocycles. The van der Waals surface area contributed by atoms with Gasteiger partial charge in [-0.05, 0) is 67.8 Å². The number of halogens is 1. The fourth-order valence-corrected chi connectivity index (χ4v) is 2.88. The number of aryl methyl sites for hydroxylation is 3. The third kappa shape index (κ3) is 3.25. The molecule has 3 rings (SSSR count). The third-order valence-corrected chi connectivity index (χ3v) is 4.72. The lowest BCUT2D eigenvalue weighted by Gasteiger charge is -2.11. The van der Waals surface area contributed by atoms with E-state index >= 15 is 0 Å². The molecule has 0 saturated carbocycles. The molecule has 3 aromatic rings. The van der Waals surface area contributed by atoms with E-state index < -0.39 is 0 Å². The van der Waals surface area contributed by atoms with Crippen molar-refractivity contribution in [2.24, 2.45) is 0 Å². The van der Waals surface area contributed by atoms with Gasteiger partial charge in [0.1, 0.15) is 24.8 Å². The van der Waals surface area contributed by atoms with Crippen LogP contribution in [0.1, 0.15) is 22.5 Å². The predicted molar refractivity (Wildman–Crippen MR) is 96.8 cm³/mol. The van der Waals surface area contributed by atoms with Gasteiger partial charge >= 0.3 is 0 Å². The zero-order valence-corrected chi connectivity index (χ0v) is 14.9. The normalized spacial score (nSPS) is 11.2. The fraction of sp³-hybridized carbons (Fsp3) is 0.316. The van der Waals surface area contributed by atoms with Crippen LogP contribution in [0.25, 0.3) is 11.0 Å². The minimum atomic E-state index is -0.0904. The van der Waals surface area contributed by atoms with Crippen molar-refractivity contribution in [3.8, 4) is 5.75 Å². The molecular weight excluding hydrogens is 324 g/mol. The van der Waals surface area contributed by atoms with E-state index in [0.717, 1.165) is 27.4 Å². The Kier molecular flexibility index (Phi) is 4.78. The van der Waals surface area contributed by atoms with Crippen molar-refractivity contribution in [1.29, 1.82) is 0 Å². The number of nitrogens with zero attached hydrogens (tertiary/aromatic N) is 2. The van der Waals surface area contributed by atoms with Crippen molar-refractivity contribution in [2.45, 2.75) is 33.9 Å². The van der Waals surface area contributed by atoms with Crippen LogP contribution >= 0.6 is 11.6 Å². The van der Waals surface area contributed by atoms with Crippen molar-refractivity contribution in [3.63, 3.8) is 0 Å². The minimum Gasteiger partial charge on any atom is -0.492 e. The van der Waals surface area contributed by atoms with E-state index in [2.05, 4.69) is 31.0 Å². The maximum atomic E-state index is 9.60. The molecule has 0 aliphatic heterocycles. The third-order valence-electron chi connectivity index (χ3n) is 4.30. The van der Waals surface area contributed by atoms with Crippen LogP contribution in [0.3, 0.4) is 0 Å². The summed E-state index contributed by atoms with van der Waals surface area (Å²) in [7, 11) is 0. The Hall–Kier alpha value is -2.04. The highest BCUT2D eigenvalue weighted by Crippen LogP contribution is 2.23. The van der Waals surface area contributed by atoms with E-state index in [1.54, 1.807) is 0 Å². The largest absolute Gasteiger partial charge is 0.492 e. The molecule has 0 fully saturated rings. The van der Waals surface area contributed by atoms with E-state index in [1.807, 2.05) is 29.7 Å². The maximum Gasteiger partial charge on any atom is 0.135 e. The SMILES string of the molecule is Cc1cc2nc(CO)n(CCOc3ccc(Cl)c(C)c3)c2cc1C. The zero-order valence-electron chi connectivity index (χ0n) is 14.1. The summed E-state index contributed by atoms with van der Waals surface area (Å²) in [5.74, 6) is 1.45. The van der Waals surface area contributed by atoms with Gasteiger partial charge in [-0.3, -0.25) is 0 Å². The van der Waals surface area contributed by atoms with Gasteiger partial charge in [0.2, 0.25) is 0 Å². The van der Waals surface area contributed by atoms with Gasteiger partial charge in [0.25, 0.3) is 0 Å². The average Bonchev–Trinajstić information content (AvgIpc) is 2.88. The van der Waals surface area contributed by atoms with E-state index in [4.69, 9.17) is 16.3 Å². The second-order valence-corrected chi connectivity index (χ2v) is 6.43. The Morgan fingerprint density at radius 2 is 1.83 bits per heavy atom. The highest BCUT2D eigenvalue weighted by molar-refractivity contribution is 6.31. The molecule has 5 heteroatoms. The van der Waals surface area contributed by atoms with Crippen molar-refractivity contribution in [2.75, 3.05) is 6.61 Å². The molecule has 1 heterocycles. The molecule has 0 aliphatic carbocycles. The van der Waals surface area contributed by atoms with Gasteiger partial charge in [-0.15, -0.1) is 0 Å². The Labute approximate surface area is 146 Å². The van der Waals surface area contributed by atoms with Crippen LogP contribution in [-0.4, -0.2) is 21.3 Å². The van der Waals surface area contributed by atoms with Crippen LogP contribution in [-0.2, 0) is 13.2 Å². The van der Waals surface area contributed by atoms with Crippen molar-refractivity contribution in [1.82, 2.24) is 9.55 Å². The molecule has 0 bridgehead atoms. The van der Waals surface area contributed by atoms with Crippen molar-refractivity contribution in [3.05, 3.63) is 57.9 Å². The minimum absolute atomic E-state index is 0.0904. The molecule has 0 aliphatic rings. The van der Waals surface area contributed by atoms with Gasteiger partial charge in [-0.1, -0.05) is 11.6 Å². The highest BCUT2D eigenvalue weighted by atomic mass is 35.5. The topological polar surface area (TPSA) is 47.3 Å². The lowest BCUT2D eigenvalue weighted by atomic mass is 10.1. The molecule has 2 aromatic carbocycles. The van der Waals surface area contributed by atoms with Crippen molar-refractivity contribution < 1.29 is 9.84 Å². The summed E-state index contributed by atoms with van der Waals surface area (Å²) in [6.07, 6.45) is 0. The molecule has 0 radical (unpaired) electrons. The summed E-state index contributed by atoms with van der Waals surface area (Å²) in [5, 5.41) is 10.3. The van der Waals surface area contributed by atoms with Crippen LogP contribution in [0.5, 0.6) is 5.75 Å². The fourth-order valence-electron chi connectivity index (χ4n) is 2.76. The Balaban J connectivity index is 1.81. The number of aromatic nitrogens is 2. The highest BCUT2D eigenvalue weighted by Gasteiger charge is 2.11. The smallest absolute Gasteiger partial charge is 0.135 e. The summed E-state index contributed by atoms with van der Waals surface area (Å²) in [6.45, 7) is 7.12. The number of rotatable bonds is 5. The summed E-state index contributed by atoms with van der Waals surface area (Å²) >= 11 is 6.03. The maximum absolute atomic E-state index is 9.60. The molecule has 1 N–H and O–H groups in total. The summed E-state index contributed by atoms with van der Waals surface area (Å²) in [5.41, 5.74) is 5.33. The summed E-state index contributed by atoms with van der Waals surface area (Å²) in [4.78, 5) is 4.52. The van der Waals surface area contributed by atoms with E-state index in [-0.39, 0.29) is 6.61 Å². The monoisotopic (exact) mass is 344 g/mol. The standard InChI is InChI=1S/C19H21ClN2O2/c1-12-9-17-18(10-13(12)2)22(19(11-23)21-17)6-7-24-15-4-5-16(20)14(3)8-15/h4-5,8-10,23H,6-7,11H2,1-3H3. The Morgan fingerprint density at radius 1 is 1.08 bits per heavy atom. The molecule has 126 valence electrons. The second-order valence-electron chi connectivity index (χ2n) is 6.02. The van der Waals surface area contributed by atoms with Gasteiger partial charge < -0.3 is 14.4 Å². The molecule has 24 heavy (non-hydrogen) atoms. The van der Waals surface area contributed by atoms with E-state index in [1.165, 1.54) is 11.1 Å². The Morgan fingerprint density at radius 3 is 2.54 bits per heavy atom. The van der Waals surface area contributed by atoms with Gasteiger partial charge in [0.05, 0.1) is 17.6 Å². The average molecular weight is 345 g/mol. The number of benzene rings is 2. The van der Waals surface area contributed by atoms with Crippen LogP contribution in [0, 0.1) is 20.8 Å². The Bertz CT molecular complexity index is 887. The molecule has 0 amide bonds. The first kappa shape index (κ1) is 16.8. The number of ether oxygens (including phenoxy) is 1. The van der Waals surface area contributed by atoms with Crippen molar-refractivity contribution >= 4 is 22.6 Å².